The first kappa shape index (κ1) is 15.0. The average molecular weight is 237 g/mol. The molecule has 1 atom stereocenters. The maximum absolute atomic E-state index is 5.60. The van der Waals surface area contributed by atoms with E-state index in [0.717, 1.165) is 25.2 Å². The van der Waals surface area contributed by atoms with Crippen LogP contribution < -0.4 is 17.1 Å². The van der Waals surface area contributed by atoms with E-state index in [-0.39, 0.29) is 41.7 Å². The van der Waals surface area contributed by atoms with E-state index >= 15 is 0 Å². The second kappa shape index (κ2) is 8.22. The van der Waals surface area contributed by atoms with Gasteiger partial charge in [0.1, 0.15) is 0 Å². The molecule has 1 fully saturated rings. The van der Waals surface area contributed by atoms with Crippen molar-refractivity contribution < 1.29 is 21.9 Å². The third-order valence-electron chi connectivity index (χ3n) is 2.08. The van der Waals surface area contributed by atoms with E-state index in [1.54, 1.807) is 0 Å². The van der Waals surface area contributed by atoms with Gasteiger partial charge in [0.2, 0.25) is 0 Å². The topological polar surface area (TPSA) is 18.5 Å². The van der Waals surface area contributed by atoms with Gasteiger partial charge < -0.3 is 21.9 Å². The zero-order chi connectivity index (χ0) is 8.93. The third-order valence-corrected chi connectivity index (χ3v) is 2.08. The Morgan fingerprint density at radius 3 is 2.87 bits per heavy atom. The molecule has 15 heavy (non-hydrogen) atoms. The van der Waals surface area contributed by atoms with Gasteiger partial charge in [0, 0.05) is 12.2 Å². The van der Waals surface area contributed by atoms with Crippen LogP contribution in [0.4, 0.5) is 0 Å². The van der Waals surface area contributed by atoms with Gasteiger partial charge >= 0.3 is 23.1 Å². The van der Waals surface area contributed by atoms with Crippen LogP contribution in [0.1, 0.15) is 19.3 Å². The third kappa shape index (κ3) is 5.07. The number of halogens is 1. The van der Waals surface area contributed by atoms with Crippen LogP contribution in [-0.2, 0) is 4.74 Å². The Morgan fingerprint density at radius 2 is 2.27 bits per heavy atom. The van der Waals surface area contributed by atoms with Gasteiger partial charge in [-0.05, 0) is 12.8 Å². The van der Waals surface area contributed by atoms with Crippen molar-refractivity contribution in [2.24, 2.45) is 0 Å². The van der Waals surface area contributed by atoms with Crippen LogP contribution in [0.3, 0.4) is 0 Å². The van der Waals surface area contributed by atoms with E-state index in [4.69, 9.17) is 9.47 Å². The van der Waals surface area contributed by atoms with Crippen LogP contribution in [0.2, 0.25) is 0 Å². The number of hydrogen-bond donors (Lipinski definition) is 0. The zero-order valence-corrected chi connectivity index (χ0v) is 10.8. The molecule has 2 rings (SSSR count). The molecule has 1 unspecified atom stereocenters. The summed E-state index contributed by atoms with van der Waals surface area (Å²) in [6.45, 7) is 0.821. The first-order valence-electron chi connectivity index (χ1n) is 4.69. The van der Waals surface area contributed by atoms with Gasteiger partial charge in [0.15, 0.2) is 6.29 Å². The maximum Gasteiger partial charge on any atom is 2.00 e. The van der Waals surface area contributed by atoms with Crippen LogP contribution in [-0.4, -0.2) is 35.9 Å². The monoisotopic (exact) mass is 236 g/mol. The summed E-state index contributed by atoms with van der Waals surface area (Å²) in [5, 5.41) is 0. The van der Waals surface area contributed by atoms with Crippen LogP contribution in [0, 0.1) is 6.07 Å². The Kier molecular flexibility index (Phi) is 8.24. The summed E-state index contributed by atoms with van der Waals surface area (Å²) in [6, 6.07) is 10.5. The van der Waals surface area contributed by atoms with Crippen molar-refractivity contribution in [3.8, 4) is 5.75 Å². The van der Waals surface area contributed by atoms with E-state index in [1.807, 2.05) is 24.3 Å². The fourth-order valence-electron chi connectivity index (χ4n) is 1.41. The molecule has 0 bridgehead atoms. The Morgan fingerprint density at radius 1 is 1.40 bits per heavy atom. The summed E-state index contributed by atoms with van der Waals surface area (Å²) in [4.78, 5) is 0. The molecule has 2 nitrogen and oxygen atoms in total. The SMILES string of the molecule is [Cl-].[Mg+2].[c-]1cccc(OC2CCCCO2)c1. The molecule has 0 aromatic heterocycles. The Bertz CT molecular complexity index is 250. The molecule has 0 radical (unpaired) electrons. The Hall–Kier alpha value is 0.0362. The fourth-order valence-corrected chi connectivity index (χ4v) is 1.41. The van der Waals surface area contributed by atoms with Crippen molar-refractivity contribution in [1.29, 1.82) is 0 Å². The van der Waals surface area contributed by atoms with Crippen molar-refractivity contribution in [1.82, 2.24) is 0 Å². The van der Waals surface area contributed by atoms with Gasteiger partial charge in [-0.2, -0.15) is 18.2 Å². The van der Waals surface area contributed by atoms with Crippen molar-refractivity contribution in [3.63, 3.8) is 0 Å². The molecule has 78 valence electrons. The molecule has 0 saturated carbocycles. The minimum absolute atomic E-state index is 0. The first-order valence-corrected chi connectivity index (χ1v) is 4.69. The van der Waals surface area contributed by atoms with Crippen molar-refractivity contribution in [2.75, 3.05) is 6.61 Å². The number of hydrogen-bond acceptors (Lipinski definition) is 2. The standard InChI is InChI=1S/C11H13O2.ClH.Mg/c1-2-6-10(7-3-1)13-11-8-4-5-9-12-11;;/h1-2,6-7,11H,4-5,8-9H2;1H;/q-1;;+2/p-1. The van der Waals surface area contributed by atoms with E-state index in [9.17, 15) is 0 Å². The summed E-state index contributed by atoms with van der Waals surface area (Å²) in [5.74, 6) is 0.842. The van der Waals surface area contributed by atoms with Crippen LogP contribution in [0.25, 0.3) is 0 Å². The number of benzene rings is 1. The molecule has 1 aromatic carbocycles. The minimum Gasteiger partial charge on any atom is -1.00 e. The van der Waals surface area contributed by atoms with Gasteiger partial charge in [-0.3, -0.25) is 0 Å². The molecule has 1 heterocycles. The summed E-state index contributed by atoms with van der Waals surface area (Å²) in [7, 11) is 0. The second-order valence-electron chi connectivity index (χ2n) is 3.15. The van der Waals surface area contributed by atoms with Crippen molar-refractivity contribution in [3.05, 3.63) is 30.3 Å². The van der Waals surface area contributed by atoms with Gasteiger partial charge in [0.25, 0.3) is 0 Å². The Balaban J connectivity index is 0.000000980. The summed E-state index contributed by atoms with van der Waals surface area (Å²) >= 11 is 0. The van der Waals surface area contributed by atoms with E-state index in [2.05, 4.69) is 6.07 Å². The smallest absolute Gasteiger partial charge is 1.00 e. The van der Waals surface area contributed by atoms with Crippen LogP contribution in [0.5, 0.6) is 5.75 Å². The largest absolute Gasteiger partial charge is 2.00 e. The molecule has 1 aliphatic rings. The summed E-state index contributed by atoms with van der Waals surface area (Å²) < 4.78 is 11.0. The van der Waals surface area contributed by atoms with Crippen LogP contribution in [0.15, 0.2) is 24.3 Å². The van der Waals surface area contributed by atoms with E-state index in [0.29, 0.717) is 0 Å². The van der Waals surface area contributed by atoms with Gasteiger partial charge in [-0.1, -0.05) is 0 Å². The molecule has 0 spiro atoms. The second-order valence-corrected chi connectivity index (χ2v) is 3.15. The van der Waals surface area contributed by atoms with Gasteiger partial charge in [-0.25, -0.2) is 0 Å². The Labute approximate surface area is 113 Å². The molecule has 1 aliphatic heterocycles. The molecule has 1 aromatic rings. The van der Waals surface area contributed by atoms with Gasteiger partial charge in [-0.15, -0.1) is 12.1 Å². The van der Waals surface area contributed by atoms with Crippen molar-refractivity contribution in [2.45, 2.75) is 25.6 Å². The normalized spacial score (nSPS) is 19.6. The minimum atomic E-state index is -0.0513. The first-order chi connectivity index (χ1) is 6.45. The molecule has 0 N–H and O–H groups in total. The fraction of sp³-hybridized carbons (Fsp3) is 0.455. The number of rotatable bonds is 2. The molecular weight excluding hydrogens is 224 g/mol. The van der Waals surface area contributed by atoms with Crippen LogP contribution >= 0.6 is 0 Å². The van der Waals surface area contributed by atoms with E-state index in [1.165, 1.54) is 6.42 Å². The average Bonchev–Trinajstić information content (AvgIpc) is 2.21. The quantitative estimate of drug-likeness (QED) is 0.486. The molecule has 1 saturated heterocycles. The van der Waals surface area contributed by atoms with E-state index < -0.39 is 0 Å². The zero-order valence-electron chi connectivity index (χ0n) is 8.62. The molecular formula is C11H13ClMgO2. The predicted molar refractivity (Wildman–Crippen MR) is 55.3 cm³/mol. The maximum atomic E-state index is 5.60. The molecule has 4 heteroatoms. The molecule has 0 aliphatic carbocycles. The summed E-state index contributed by atoms with van der Waals surface area (Å²) in [6.07, 6.45) is 3.29. The van der Waals surface area contributed by atoms with Gasteiger partial charge in [0.05, 0.1) is 6.61 Å². The van der Waals surface area contributed by atoms with Crippen molar-refractivity contribution >= 4 is 23.1 Å². The summed E-state index contributed by atoms with van der Waals surface area (Å²) in [5.41, 5.74) is 0. The predicted octanol–water partition coefficient (Wildman–Crippen LogP) is -0.985. The molecule has 0 amide bonds. The number of ether oxygens (including phenoxy) is 2.